The van der Waals surface area contributed by atoms with Gasteiger partial charge < -0.3 is 14.6 Å². The molecule has 1 atom stereocenters. The molecule has 0 saturated carbocycles. The van der Waals surface area contributed by atoms with Gasteiger partial charge >= 0.3 is 12.1 Å². The van der Waals surface area contributed by atoms with E-state index >= 15 is 0 Å². The van der Waals surface area contributed by atoms with Crippen molar-refractivity contribution < 1.29 is 27.2 Å². The van der Waals surface area contributed by atoms with Crippen LogP contribution < -0.4 is 5.32 Å². The van der Waals surface area contributed by atoms with Crippen LogP contribution in [-0.4, -0.2) is 52.2 Å². The molecule has 134 valence electrons. The van der Waals surface area contributed by atoms with Crippen LogP contribution in [-0.2, 0) is 16.0 Å². The van der Waals surface area contributed by atoms with Gasteiger partial charge in [0, 0.05) is 25.4 Å². The summed E-state index contributed by atoms with van der Waals surface area (Å²) in [4.78, 5) is 24.0. The van der Waals surface area contributed by atoms with Crippen LogP contribution in [0.2, 0.25) is 0 Å². The van der Waals surface area contributed by atoms with Crippen molar-refractivity contribution in [3.63, 3.8) is 0 Å². The van der Waals surface area contributed by atoms with Gasteiger partial charge in [-0.15, -0.1) is 10.2 Å². The number of hydrogen-bond donors (Lipinski definition) is 1. The maximum absolute atomic E-state index is 12.5. The fraction of sp³-hybridized carbons (Fsp3) is 0.714. The van der Waals surface area contributed by atoms with Crippen molar-refractivity contribution in [1.29, 1.82) is 0 Å². The average Bonchev–Trinajstić information content (AvgIpc) is 3.14. The maximum Gasteiger partial charge on any atom is 0.471 e. The summed E-state index contributed by atoms with van der Waals surface area (Å²) in [5.74, 6) is -1.67. The van der Waals surface area contributed by atoms with Crippen LogP contribution in [0.3, 0.4) is 0 Å². The highest BCUT2D eigenvalue weighted by Gasteiger charge is 2.47. The first-order chi connectivity index (χ1) is 11.2. The molecule has 0 spiro atoms. The van der Waals surface area contributed by atoms with Gasteiger partial charge in [0.25, 0.3) is 0 Å². The fourth-order valence-corrected chi connectivity index (χ4v) is 2.46. The van der Waals surface area contributed by atoms with Crippen LogP contribution in [0.1, 0.15) is 44.4 Å². The molecule has 1 aromatic rings. The summed E-state index contributed by atoms with van der Waals surface area (Å²) in [6, 6.07) is -1.09. The van der Waals surface area contributed by atoms with E-state index in [9.17, 15) is 22.8 Å². The van der Waals surface area contributed by atoms with Gasteiger partial charge in [-0.25, -0.2) is 0 Å². The molecule has 1 aromatic heterocycles. The lowest BCUT2D eigenvalue weighted by molar-refractivity contribution is -0.186. The molecule has 10 heteroatoms. The normalized spacial score (nSPS) is 18.2. The van der Waals surface area contributed by atoms with Crippen molar-refractivity contribution in [3.05, 3.63) is 11.8 Å². The van der Waals surface area contributed by atoms with Gasteiger partial charge in [-0.05, 0) is 12.8 Å². The van der Waals surface area contributed by atoms with E-state index in [0.717, 1.165) is 0 Å². The highest BCUT2D eigenvalue weighted by atomic mass is 19.4. The number of carbonyl (C=O) groups excluding carboxylic acids is 2. The number of hydrogen-bond acceptors (Lipinski definition) is 5. The second-order valence-corrected chi connectivity index (χ2v) is 5.88. The molecule has 7 nitrogen and oxygen atoms in total. The highest BCUT2D eigenvalue weighted by Crippen LogP contribution is 2.25. The van der Waals surface area contributed by atoms with Crippen molar-refractivity contribution in [2.24, 2.45) is 0 Å². The highest BCUT2D eigenvalue weighted by molar-refractivity contribution is 5.90. The summed E-state index contributed by atoms with van der Waals surface area (Å²) in [5.41, 5.74) is 0. The smallest absolute Gasteiger partial charge is 0.425 e. The second-order valence-electron chi connectivity index (χ2n) is 5.88. The maximum atomic E-state index is 12.5. The Kier molecular flexibility index (Phi) is 5.45. The minimum Gasteiger partial charge on any atom is -0.425 e. The van der Waals surface area contributed by atoms with Crippen molar-refractivity contribution in [1.82, 2.24) is 20.4 Å². The molecule has 0 aliphatic carbocycles. The van der Waals surface area contributed by atoms with Crippen LogP contribution in [0, 0.1) is 0 Å². The summed E-state index contributed by atoms with van der Waals surface area (Å²) in [5, 5.41) is 10.2. The number of amides is 2. The third-order valence-electron chi connectivity index (χ3n) is 3.67. The molecule has 1 unspecified atom stereocenters. The third-order valence-corrected chi connectivity index (χ3v) is 3.67. The SMILES string of the molecule is CC(C)c1nnc(CCNC(=O)C2CCCN2C(=O)C(F)(F)F)o1. The number of alkyl halides is 3. The molecule has 2 heterocycles. The predicted molar refractivity (Wildman–Crippen MR) is 75.9 cm³/mol. The number of carbonyl (C=O) groups is 2. The first kappa shape index (κ1) is 18.2. The molecule has 1 fully saturated rings. The fourth-order valence-electron chi connectivity index (χ4n) is 2.46. The molecular formula is C14H19F3N4O3. The van der Waals surface area contributed by atoms with Crippen LogP contribution in [0.15, 0.2) is 4.42 Å². The van der Waals surface area contributed by atoms with Gasteiger partial charge in [0.15, 0.2) is 0 Å². The number of halogens is 3. The minimum atomic E-state index is -4.97. The van der Waals surface area contributed by atoms with Crippen LogP contribution in [0.25, 0.3) is 0 Å². The van der Waals surface area contributed by atoms with Crippen molar-refractivity contribution in [3.8, 4) is 0 Å². The summed E-state index contributed by atoms with van der Waals surface area (Å²) in [7, 11) is 0. The van der Waals surface area contributed by atoms with E-state index in [2.05, 4.69) is 15.5 Å². The molecule has 1 aliphatic rings. The van der Waals surface area contributed by atoms with Crippen molar-refractivity contribution in [2.75, 3.05) is 13.1 Å². The molecule has 24 heavy (non-hydrogen) atoms. The molecule has 1 N–H and O–H groups in total. The number of likely N-dealkylation sites (tertiary alicyclic amines) is 1. The molecule has 2 rings (SSSR count). The second kappa shape index (κ2) is 7.18. The first-order valence-electron chi connectivity index (χ1n) is 7.68. The van der Waals surface area contributed by atoms with Crippen LogP contribution in [0.4, 0.5) is 13.2 Å². The standard InChI is InChI=1S/C14H19F3N4O3/c1-8(2)12-20-19-10(24-12)5-6-18-11(22)9-4-3-7-21(9)13(23)14(15,16)17/h8-9H,3-7H2,1-2H3,(H,18,22). The Balaban J connectivity index is 1.86. The topological polar surface area (TPSA) is 88.3 Å². The van der Waals surface area contributed by atoms with Gasteiger partial charge in [0.1, 0.15) is 6.04 Å². The molecule has 0 radical (unpaired) electrons. The Morgan fingerprint density at radius 2 is 2.08 bits per heavy atom. The Morgan fingerprint density at radius 3 is 2.67 bits per heavy atom. The zero-order valence-corrected chi connectivity index (χ0v) is 13.4. The summed E-state index contributed by atoms with van der Waals surface area (Å²) < 4.78 is 43.0. The molecule has 0 aromatic carbocycles. The lowest BCUT2D eigenvalue weighted by Gasteiger charge is -2.24. The zero-order valence-electron chi connectivity index (χ0n) is 13.4. The van der Waals surface area contributed by atoms with Crippen LogP contribution in [0.5, 0.6) is 0 Å². The Hall–Kier alpha value is -2.13. The Morgan fingerprint density at radius 1 is 1.38 bits per heavy atom. The van der Waals surface area contributed by atoms with E-state index in [1.165, 1.54) is 0 Å². The molecule has 1 aliphatic heterocycles. The summed E-state index contributed by atoms with van der Waals surface area (Å²) >= 11 is 0. The van der Waals surface area contributed by atoms with E-state index in [1.54, 1.807) is 0 Å². The van der Waals surface area contributed by atoms with E-state index in [1.807, 2.05) is 13.8 Å². The van der Waals surface area contributed by atoms with Crippen molar-refractivity contribution in [2.45, 2.75) is 51.2 Å². The average molecular weight is 348 g/mol. The molecular weight excluding hydrogens is 329 g/mol. The molecule has 1 saturated heterocycles. The quantitative estimate of drug-likeness (QED) is 0.869. The summed E-state index contributed by atoms with van der Waals surface area (Å²) in [6.07, 6.45) is -4.13. The summed E-state index contributed by atoms with van der Waals surface area (Å²) in [6.45, 7) is 3.86. The van der Waals surface area contributed by atoms with Gasteiger partial charge in [-0.3, -0.25) is 9.59 Å². The van der Waals surface area contributed by atoms with Crippen molar-refractivity contribution >= 4 is 11.8 Å². The number of nitrogens with one attached hydrogen (secondary N) is 1. The lowest BCUT2D eigenvalue weighted by Crippen LogP contribution is -2.50. The lowest BCUT2D eigenvalue weighted by atomic mass is 10.2. The number of nitrogens with zero attached hydrogens (tertiary/aromatic N) is 3. The monoisotopic (exact) mass is 348 g/mol. The molecule has 0 bridgehead atoms. The van der Waals surface area contributed by atoms with E-state index < -0.39 is 24.0 Å². The van der Waals surface area contributed by atoms with Crippen LogP contribution >= 0.6 is 0 Å². The van der Waals surface area contributed by atoms with Gasteiger partial charge in [0.05, 0.1) is 0 Å². The Bertz CT molecular complexity index is 600. The van der Waals surface area contributed by atoms with E-state index in [0.29, 0.717) is 23.1 Å². The third kappa shape index (κ3) is 4.24. The van der Waals surface area contributed by atoms with Gasteiger partial charge in [-0.1, -0.05) is 13.8 Å². The van der Waals surface area contributed by atoms with E-state index in [-0.39, 0.29) is 31.8 Å². The molecule has 2 amide bonds. The zero-order chi connectivity index (χ0) is 17.9. The number of rotatable bonds is 5. The predicted octanol–water partition coefficient (Wildman–Crippen LogP) is 1.40. The van der Waals surface area contributed by atoms with Gasteiger partial charge in [-0.2, -0.15) is 13.2 Å². The number of aromatic nitrogens is 2. The first-order valence-corrected chi connectivity index (χ1v) is 7.68. The minimum absolute atomic E-state index is 0.0716. The van der Waals surface area contributed by atoms with Gasteiger partial charge in [0.2, 0.25) is 17.7 Å². The van der Waals surface area contributed by atoms with E-state index in [4.69, 9.17) is 4.42 Å². The Labute approximate surface area is 136 Å². The largest absolute Gasteiger partial charge is 0.471 e.